The van der Waals surface area contributed by atoms with Crippen LogP contribution in [0, 0.1) is 5.41 Å². The summed E-state index contributed by atoms with van der Waals surface area (Å²) in [6.07, 6.45) is -0.0580. The molecule has 1 rings (SSSR count). The van der Waals surface area contributed by atoms with Crippen LogP contribution >= 0.6 is 22.9 Å². The minimum atomic E-state index is -0.496. The third kappa shape index (κ3) is 4.59. The summed E-state index contributed by atoms with van der Waals surface area (Å²) >= 11 is 7.39. The van der Waals surface area contributed by atoms with Crippen LogP contribution in [-0.4, -0.2) is 23.9 Å². The smallest absolute Gasteiger partial charge is 0.0931 e. The van der Waals surface area contributed by atoms with E-state index in [4.69, 9.17) is 16.3 Å². The predicted octanol–water partition coefficient (Wildman–Crippen LogP) is 3.76. The lowest BCUT2D eigenvalue weighted by Crippen LogP contribution is -2.41. The first kappa shape index (κ1) is 15.0. The van der Waals surface area contributed by atoms with Crippen LogP contribution in [0.2, 0.25) is 4.34 Å². The second kappa shape index (κ2) is 6.19. The van der Waals surface area contributed by atoms with Gasteiger partial charge in [0.15, 0.2) is 0 Å². The highest BCUT2D eigenvalue weighted by molar-refractivity contribution is 7.16. The summed E-state index contributed by atoms with van der Waals surface area (Å²) < 4.78 is 6.43. The van der Waals surface area contributed by atoms with E-state index in [1.807, 2.05) is 19.1 Å². The van der Waals surface area contributed by atoms with Crippen molar-refractivity contribution < 1.29 is 9.84 Å². The first-order valence-electron chi connectivity index (χ1n) is 5.88. The Balaban J connectivity index is 2.68. The molecule has 1 aromatic heterocycles. The highest BCUT2D eigenvalue weighted by Crippen LogP contribution is 2.29. The van der Waals surface area contributed by atoms with Crippen molar-refractivity contribution in [2.45, 2.75) is 46.3 Å². The van der Waals surface area contributed by atoms with Crippen molar-refractivity contribution in [3.05, 3.63) is 21.3 Å². The normalized spacial score (nSPS) is 15.9. The van der Waals surface area contributed by atoms with Crippen molar-refractivity contribution in [3.8, 4) is 0 Å². The molecule has 1 N–H and O–H groups in total. The van der Waals surface area contributed by atoms with Crippen molar-refractivity contribution in [1.29, 1.82) is 0 Å². The molecular weight excluding hydrogens is 256 g/mol. The van der Waals surface area contributed by atoms with Crippen LogP contribution in [-0.2, 0) is 11.2 Å². The molecule has 1 aromatic rings. The number of hydrogen-bond donors (Lipinski definition) is 1. The number of rotatable bonds is 5. The van der Waals surface area contributed by atoms with Gasteiger partial charge < -0.3 is 9.84 Å². The van der Waals surface area contributed by atoms with Crippen molar-refractivity contribution in [2.24, 2.45) is 5.41 Å². The van der Waals surface area contributed by atoms with Gasteiger partial charge in [-0.1, -0.05) is 32.4 Å². The van der Waals surface area contributed by atoms with Gasteiger partial charge in [-0.3, -0.25) is 0 Å². The molecule has 1 heterocycles. The maximum Gasteiger partial charge on any atom is 0.0931 e. The van der Waals surface area contributed by atoms with E-state index in [0.717, 1.165) is 9.21 Å². The summed E-state index contributed by atoms with van der Waals surface area (Å²) in [5.41, 5.74) is -0.0729. The number of thiophene rings is 1. The van der Waals surface area contributed by atoms with Gasteiger partial charge in [0.2, 0.25) is 0 Å². The van der Waals surface area contributed by atoms with E-state index in [-0.39, 0.29) is 11.5 Å². The van der Waals surface area contributed by atoms with Crippen molar-refractivity contribution in [3.63, 3.8) is 0 Å². The summed E-state index contributed by atoms with van der Waals surface area (Å²) in [7, 11) is 0. The van der Waals surface area contributed by atoms with Gasteiger partial charge in [-0.05, 0) is 24.5 Å². The van der Waals surface area contributed by atoms with Gasteiger partial charge in [0.1, 0.15) is 0 Å². The van der Waals surface area contributed by atoms with Gasteiger partial charge in [-0.2, -0.15) is 0 Å². The summed E-state index contributed by atoms with van der Waals surface area (Å²) in [4.78, 5) is 1.09. The number of ether oxygens (including phenoxy) is 1. The Bertz CT molecular complexity index is 343. The maximum absolute atomic E-state index is 10.3. The second-order valence-electron chi connectivity index (χ2n) is 5.22. The monoisotopic (exact) mass is 276 g/mol. The third-order valence-corrected chi connectivity index (χ3v) is 3.84. The van der Waals surface area contributed by atoms with E-state index in [0.29, 0.717) is 13.0 Å². The van der Waals surface area contributed by atoms with Crippen LogP contribution in [0.25, 0.3) is 0 Å². The highest BCUT2D eigenvalue weighted by Gasteiger charge is 2.32. The van der Waals surface area contributed by atoms with Crippen LogP contribution in [0.1, 0.15) is 32.6 Å². The standard InChI is InChI=1S/C13H21ClO2S/c1-5-16-12(13(2,3)4)10(15)8-9-6-7-11(14)17-9/h6-7,10,12,15H,5,8H2,1-4H3. The van der Waals surface area contributed by atoms with E-state index >= 15 is 0 Å². The summed E-state index contributed by atoms with van der Waals surface area (Å²) in [6.45, 7) is 8.81. The quantitative estimate of drug-likeness (QED) is 0.887. The second-order valence-corrected chi connectivity index (χ2v) is 7.02. The Kier molecular flexibility index (Phi) is 5.45. The highest BCUT2D eigenvalue weighted by atomic mass is 35.5. The lowest BCUT2D eigenvalue weighted by Gasteiger charge is -2.34. The molecule has 0 aliphatic rings. The zero-order valence-corrected chi connectivity index (χ0v) is 12.4. The van der Waals surface area contributed by atoms with E-state index in [2.05, 4.69) is 20.8 Å². The molecule has 17 heavy (non-hydrogen) atoms. The molecule has 0 saturated carbocycles. The van der Waals surface area contributed by atoms with Crippen LogP contribution in [0.5, 0.6) is 0 Å². The van der Waals surface area contributed by atoms with E-state index in [1.54, 1.807) is 0 Å². The SMILES string of the molecule is CCOC(C(O)Cc1ccc(Cl)s1)C(C)(C)C. The summed E-state index contributed by atoms with van der Waals surface area (Å²) in [6, 6.07) is 3.82. The van der Waals surface area contributed by atoms with Crippen molar-refractivity contribution in [1.82, 2.24) is 0 Å². The van der Waals surface area contributed by atoms with Gasteiger partial charge in [-0.15, -0.1) is 11.3 Å². The minimum Gasteiger partial charge on any atom is -0.390 e. The molecule has 2 unspecified atom stereocenters. The number of hydrogen-bond acceptors (Lipinski definition) is 3. The zero-order chi connectivity index (χ0) is 13.1. The van der Waals surface area contributed by atoms with Crippen LogP contribution in [0.15, 0.2) is 12.1 Å². The Morgan fingerprint density at radius 2 is 2.06 bits per heavy atom. The van der Waals surface area contributed by atoms with Crippen molar-refractivity contribution in [2.75, 3.05) is 6.61 Å². The van der Waals surface area contributed by atoms with Gasteiger partial charge in [0, 0.05) is 17.9 Å². The largest absolute Gasteiger partial charge is 0.390 e. The van der Waals surface area contributed by atoms with Crippen LogP contribution in [0.4, 0.5) is 0 Å². The molecule has 0 bridgehead atoms. The number of aliphatic hydroxyl groups is 1. The molecule has 0 aromatic carbocycles. The van der Waals surface area contributed by atoms with Crippen LogP contribution in [0.3, 0.4) is 0 Å². The lowest BCUT2D eigenvalue weighted by molar-refractivity contribution is -0.0871. The van der Waals surface area contributed by atoms with Gasteiger partial charge in [0.25, 0.3) is 0 Å². The van der Waals surface area contributed by atoms with Gasteiger partial charge in [0.05, 0.1) is 16.5 Å². The van der Waals surface area contributed by atoms with E-state index in [1.165, 1.54) is 11.3 Å². The molecule has 0 saturated heterocycles. The number of aliphatic hydroxyl groups excluding tert-OH is 1. The molecule has 0 spiro atoms. The fraction of sp³-hybridized carbons (Fsp3) is 0.692. The first-order chi connectivity index (χ1) is 7.84. The summed E-state index contributed by atoms with van der Waals surface area (Å²) in [5.74, 6) is 0. The number of halogens is 1. The van der Waals surface area contributed by atoms with Crippen molar-refractivity contribution >= 4 is 22.9 Å². The summed E-state index contributed by atoms with van der Waals surface area (Å²) in [5, 5.41) is 10.3. The Hall–Kier alpha value is -0.0900. The average Bonchev–Trinajstić information content (AvgIpc) is 2.58. The van der Waals surface area contributed by atoms with Gasteiger partial charge in [-0.25, -0.2) is 0 Å². The lowest BCUT2D eigenvalue weighted by atomic mass is 9.84. The molecule has 0 aliphatic carbocycles. The van der Waals surface area contributed by atoms with E-state index < -0.39 is 6.10 Å². The Labute approximate surface area is 113 Å². The van der Waals surface area contributed by atoms with Gasteiger partial charge >= 0.3 is 0 Å². The molecule has 0 radical (unpaired) electrons. The molecule has 0 aliphatic heterocycles. The molecule has 98 valence electrons. The molecular formula is C13H21ClO2S. The topological polar surface area (TPSA) is 29.5 Å². The Morgan fingerprint density at radius 3 is 2.47 bits per heavy atom. The zero-order valence-electron chi connectivity index (χ0n) is 10.9. The maximum atomic E-state index is 10.3. The predicted molar refractivity (Wildman–Crippen MR) is 73.9 cm³/mol. The third-order valence-electron chi connectivity index (χ3n) is 2.59. The molecule has 0 amide bonds. The molecule has 4 heteroatoms. The molecule has 2 nitrogen and oxygen atoms in total. The first-order valence-corrected chi connectivity index (χ1v) is 7.08. The Morgan fingerprint density at radius 1 is 1.41 bits per heavy atom. The fourth-order valence-corrected chi connectivity index (χ4v) is 3.03. The molecule has 2 atom stereocenters. The van der Waals surface area contributed by atoms with Crippen LogP contribution < -0.4 is 0 Å². The average molecular weight is 277 g/mol. The molecule has 0 fully saturated rings. The van der Waals surface area contributed by atoms with E-state index in [9.17, 15) is 5.11 Å². The minimum absolute atomic E-state index is 0.0729. The fourth-order valence-electron chi connectivity index (χ4n) is 1.89.